The van der Waals surface area contributed by atoms with Gasteiger partial charge in [0.25, 0.3) is 5.91 Å². The van der Waals surface area contributed by atoms with Crippen LogP contribution in [0.4, 0.5) is 5.95 Å². The summed E-state index contributed by atoms with van der Waals surface area (Å²) >= 11 is 0. The average molecular weight is 484 g/mol. The molecular weight excluding hydrogens is 458 g/mol. The number of rotatable bonds is 5. The highest BCUT2D eigenvalue weighted by atomic mass is 32.2. The summed E-state index contributed by atoms with van der Waals surface area (Å²) in [4.78, 5) is 29.8. The molecule has 2 aliphatic heterocycles. The van der Waals surface area contributed by atoms with Crippen LogP contribution in [0.2, 0.25) is 0 Å². The first kappa shape index (κ1) is 22.4. The fourth-order valence-electron chi connectivity index (χ4n) is 4.03. The highest BCUT2D eigenvalue weighted by molar-refractivity contribution is 7.89. The third kappa shape index (κ3) is 4.52. The van der Waals surface area contributed by atoms with Crippen LogP contribution in [0, 0.1) is 0 Å². The number of piperazine rings is 1. The first-order valence-corrected chi connectivity index (χ1v) is 12.5. The maximum Gasteiger partial charge on any atom is 0.274 e. The van der Waals surface area contributed by atoms with Crippen LogP contribution in [-0.4, -0.2) is 95.5 Å². The standard InChI is InChI=1S/C22H25N7O4S/c30-21(26-8-10-27(11-9-26)22-23-6-1-7-24-22)20-16-28(17-25-20)18-2-4-19(5-3-18)34(31,32)29-12-14-33-15-13-29/h1-7,16-17H,8-15H2. The summed E-state index contributed by atoms with van der Waals surface area (Å²) < 4.78 is 34.0. The predicted octanol–water partition coefficient (Wildman–Crippen LogP) is 0.646. The maximum absolute atomic E-state index is 13.0. The topological polar surface area (TPSA) is 114 Å². The molecule has 2 aromatic heterocycles. The number of hydrogen-bond acceptors (Lipinski definition) is 8. The van der Waals surface area contributed by atoms with Crippen molar-refractivity contribution in [3.63, 3.8) is 0 Å². The molecule has 0 unspecified atom stereocenters. The number of amides is 1. The second-order valence-electron chi connectivity index (χ2n) is 8.00. The first-order chi connectivity index (χ1) is 16.5. The summed E-state index contributed by atoms with van der Waals surface area (Å²) in [7, 11) is -3.55. The lowest BCUT2D eigenvalue weighted by atomic mass is 10.3. The molecule has 2 aliphatic rings. The van der Waals surface area contributed by atoms with Crippen LogP contribution < -0.4 is 4.90 Å². The van der Waals surface area contributed by atoms with E-state index in [9.17, 15) is 13.2 Å². The number of sulfonamides is 1. The monoisotopic (exact) mass is 483 g/mol. The zero-order chi connectivity index (χ0) is 23.5. The minimum atomic E-state index is -3.55. The van der Waals surface area contributed by atoms with Crippen LogP contribution in [0.3, 0.4) is 0 Å². The van der Waals surface area contributed by atoms with E-state index in [1.54, 1.807) is 64.7 Å². The van der Waals surface area contributed by atoms with E-state index in [2.05, 4.69) is 19.9 Å². The lowest BCUT2D eigenvalue weighted by Crippen LogP contribution is -2.49. The Morgan fingerprint density at radius 2 is 1.56 bits per heavy atom. The number of carbonyl (C=O) groups excluding carboxylic acids is 1. The predicted molar refractivity (Wildman–Crippen MR) is 123 cm³/mol. The van der Waals surface area contributed by atoms with Crippen molar-refractivity contribution in [2.75, 3.05) is 57.4 Å². The van der Waals surface area contributed by atoms with Gasteiger partial charge >= 0.3 is 0 Å². The van der Waals surface area contributed by atoms with Gasteiger partial charge < -0.3 is 19.1 Å². The lowest BCUT2D eigenvalue weighted by molar-refractivity contribution is 0.0730. The van der Waals surface area contributed by atoms with Gasteiger partial charge in [0, 0.05) is 63.5 Å². The van der Waals surface area contributed by atoms with Crippen LogP contribution >= 0.6 is 0 Å². The number of ether oxygens (including phenoxy) is 1. The fourth-order valence-corrected chi connectivity index (χ4v) is 5.43. The van der Waals surface area contributed by atoms with Gasteiger partial charge in [0.1, 0.15) is 12.0 Å². The molecule has 2 saturated heterocycles. The van der Waals surface area contributed by atoms with Crippen molar-refractivity contribution >= 4 is 21.9 Å². The van der Waals surface area contributed by atoms with E-state index in [0.29, 0.717) is 64.1 Å². The van der Waals surface area contributed by atoms with Gasteiger partial charge in [-0.2, -0.15) is 4.31 Å². The highest BCUT2D eigenvalue weighted by Crippen LogP contribution is 2.20. The lowest BCUT2D eigenvalue weighted by Gasteiger charge is -2.34. The second kappa shape index (κ2) is 9.49. The Morgan fingerprint density at radius 3 is 2.24 bits per heavy atom. The van der Waals surface area contributed by atoms with E-state index in [-0.39, 0.29) is 10.8 Å². The van der Waals surface area contributed by atoms with Gasteiger partial charge in [-0.25, -0.2) is 23.4 Å². The number of morpholine rings is 1. The molecule has 3 aromatic rings. The first-order valence-electron chi connectivity index (χ1n) is 11.1. The minimum Gasteiger partial charge on any atom is -0.379 e. The molecule has 12 heteroatoms. The van der Waals surface area contributed by atoms with Crippen molar-refractivity contribution in [1.29, 1.82) is 0 Å². The van der Waals surface area contributed by atoms with Crippen LogP contribution in [0.15, 0.2) is 60.1 Å². The van der Waals surface area contributed by atoms with Crippen LogP contribution in [0.1, 0.15) is 10.5 Å². The summed E-state index contributed by atoms with van der Waals surface area (Å²) in [6, 6.07) is 8.35. The van der Waals surface area contributed by atoms with E-state index in [4.69, 9.17) is 4.74 Å². The molecule has 178 valence electrons. The Labute approximate surface area is 197 Å². The molecular formula is C22H25N7O4S. The Hall–Kier alpha value is -3.35. The van der Waals surface area contributed by atoms with Crippen LogP contribution in [0.25, 0.3) is 5.69 Å². The Morgan fingerprint density at radius 1 is 0.882 bits per heavy atom. The second-order valence-corrected chi connectivity index (χ2v) is 9.94. The van der Waals surface area contributed by atoms with Gasteiger partial charge in [0.15, 0.2) is 0 Å². The molecule has 0 spiro atoms. The van der Waals surface area contributed by atoms with Gasteiger partial charge in [0.2, 0.25) is 16.0 Å². The SMILES string of the molecule is O=C(c1cn(-c2ccc(S(=O)(=O)N3CCOCC3)cc2)cn1)N1CCN(c2ncccn2)CC1. The number of imidazole rings is 1. The van der Waals surface area contributed by atoms with Crippen molar-refractivity contribution in [3.05, 3.63) is 60.9 Å². The molecule has 11 nitrogen and oxygen atoms in total. The summed E-state index contributed by atoms with van der Waals surface area (Å²) in [5.74, 6) is 0.525. The molecule has 4 heterocycles. The molecule has 0 radical (unpaired) electrons. The molecule has 0 saturated carbocycles. The summed E-state index contributed by atoms with van der Waals surface area (Å²) in [6.07, 6.45) is 6.64. The molecule has 2 fully saturated rings. The van der Waals surface area contributed by atoms with Crippen LogP contribution in [-0.2, 0) is 14.8 Å². The van der Waals surface area contributed by atoms with E-state index in [1.165, 1.54) is 4.31 Å². The number of anilines is 1. The molecule has 0 bridgehead atoms. The third-order valence-corrected chi connectivity index (χ3v) is 7.86. The van der Waals surface area contributed by atoms with Gasteiger partial charge in [0.05, 0.1) is 18.1 Å². The molecule has 34 heavy (non-hydrogen) atoms. The van der Waals surface area contributed by atoms with Crippen molar-refractivity contribution in [1.82, 2.24) is 28.7 Å². The van der Waals surface area contributed by atoms with E-state index >= 15 is 0 Å². The Balaban J connectivity index is 1.24. The Kier molecular flexibility index (Phi) is 6.26. The number of carbonyl (C=O) groups is 1. The molecule has 0 aliphatic carbocycles. The number of hydrogen-bond donors (Lipinski definition) is 0. The molecule has 0 atom stereocenters. The largest absolute Gasteiger partial charge is 0.379 e. The summed E-state index contributed by atoms with van der Waals surface area (Å²) in [5, 5.41) is 0. The number of benzene rings is 1. The summed E-state index contributed by atoms with van der Waals surface area (Å²) in [5.41, 5.74) is 1.06. The van der Waals surface area contributed by atoms with Gasteiger partial charge in [-0.3, -0.25) is 4.79 Å². The zero-order valence-electron chi connectivity index (χ0n) is 18.5. The van der Waals surface area contributed by atoms with E-state index < -0.39 is 10.0 Å². The van der Waals surface area contributed by atoms with Crippen molar-refractivity contribution in [2.24, 2.45) is 0 Å². The summed E-state index contributed by atoms with van der Waals surface area (Å²) in [6.45, 7) is 3.91. The number of nitrogens with zero attached hydrogens (tertiary/aromatic N) is 7. The molecule has 1 aromatic carbocycles. The maximum atomic E-state index is 13.0. The van der Waals surface area contributed by atoms with Gasteiger partial charge in [-0.15, -0.1) is 0 Å². The molecule has 0 N–H and O–H groups in total. The van der Waals surface area contributed by atoms with Gasteiger partial charge in [-0.1, -0.05) is 0 Å². The van der Waals surface area contributed by atoms with Crippen molar-refractivity contribution in [2.45, 2.75) is 4.90 Å². The van der Waals surface area contributed by atoms with Crippen molar-refractivity contribution < 1.29 is 17.9 Å². The molecule has 5 rings (SSSR count). The van der Waals surface area contributed by atoms with Crippen molar-refractivity contribution in [3.8, 4) is 5.69 Å². The Bertz CT molecular complexity index is 1230. The normalized spacial score (nSPS) is 17.6. The molecule has 1 amide bonds. The quantitative estimate of drug-likeness (QED) is 0.520. The third-order valence-electron chi connectivity index (χ3n) is 5.95. The smallest absolute Gasteiger partial charge is 0.274 e. The zero-order valence-corrected chi connectivity index (χ0v) is 19.3. The van der Waals surface area contributed by atoms with Crippen LogP contribution in [0.5, 0.6) is 0 Å². The number of aromatic nitrogens is 4. The van der Waals surface area contributed by atoms with E-state index in [0.717, 1.165) is 5.69 Å². The minimum absolute atomic E-state index is 0.140. The van der Waals surface area contributed by atoms with E-state index in [1.807, 2.05) is 0 Å². The van der Waals surface area contributed by atoms with Gasteiger partial charge in [-0.05, 0) is 30.3 Å². The average Bonchev–Trinajstić information content (AvgIpc) is 3.40. The highest BCUT2D eigenvalue weighted by Gasteiger charge is 2.27. The fraction of sp³-hybridized carbons (Fsp3) is 0.364.